The van der Waals surface area contributed by atoms with Crippen LogP contribution in [-0.4, -0.2) is 31.2 Å². The largest absolute Gasteiger partial charge is 0.493 e. The first-order valence-corrected chi connectivity index (χ1v) is 9.35. The van der Waals surface area contributed by atoms with Gasteiger partial charge in [0.05, 0.1) is 7.11 Å². The predicted octanol–water partition coefficient (Wildman–Crippen LogP) is 4.39. The molecule has 0 fully saturated rings. The molecule has 0 bridgehead atoms. The maximum atomic E-state index is 12.5. The fourth-order valence-electron chi connectivity index (χ4n) is 2.57. The Morgan fingerprint density at radius 1 is 1.18 bits per heavy atom. The van der Waals surface area contributed by atoms with E-state index in [0.29, 0.717) is 18.7 Å². The molecule has 0 aliphatic heterocycles. The van der Waals surface area contributed by atoms with Crippen LogP contribution in [0.15, 0.2) is 53.9 Å². The number of benzene rings is 2. The van der Waals surface area contributed by atoms with Gasteiger partial charge in [-0.2, -0.15) is 8.78 Å². The van der Waals surface area contributed by atoms with Crippen molar-refractivity contribution in [1.82, 2.24) is 10.3 Å². The van der Waals surface area contributed by atoms with Crippen LogP contribution in [0.1, 0.15) is 16.1 Å². The van der Waals surface area contributed by atoms with E-state index >= 15 is 0 Å². The zero-order chi connectivity index (χ0) is 19.9. The lowest BCUT2D eigenvalue weighted by atomic mass is 10.1. The molecule has 3 rings (SSSR count). The van der Waals surface area contributed by atoms with Crippen LogP contribution in [0.25, 0.3) is 10.6 Å². The third kappa shape index (κ3) is 5.04. The Morgan fingerprint density at radius 2 is 1.96 bits per heavy atom. The molecule has 1 N–H and O–H groups in total. The molecule has 0 radical (unpaired) electrons. The standard InChI is InChI=1S/C20H18F2N2O3S/c1-26-16-8-7-13(11-17(16)27-20(21)22)9-10-23-18(25)15-12-28-19(24-15)14-5-3-2-4-6-14/h2-8,11-12,20H,9-10H2,1H3,(H,23,25). The van der Waals surface area contributed by atoms with Gasteiger partial charge in [-0.25, -0.2) is 4.98 Å². The van der Waals surface area contributed by atoms with Crippen molar-refractivity contribution in [2.75, 3.05) is 13.7 Å². The van der Waals surface area contributed by atoms with E-state index in [1.54, 1.807) is 17.5 Å². The lowest BCUT2D eigenvalue weighted by molar-refractivity contribution is -0.0512. The van der Waals surface area contributed by atoms with E-state index in [1.165, 1.54) is 24.5 Å². The minimum Gasteiger partial charge on any atom is -0.493 e. The van der Waals surface area contributed by atoms with Crippen LogP contribution in [0.3, 0.4) is 0 Å². The van der Waals surface area contributed by atoms with Crippen molar-refractivity contribution < 1.29 is 23.0 Å². The molecular weight excluding hydrogens is 386 g/mol. The molecule has 28 heavy (non-hydrogen) atoms. The van der Waals surface area contributed by atoms with Crippen LogP contribution in [0.4, 0.5) is 8.78 Å². The van der Waals surface area contributed by atoms with Gasteiger partial charge in [0.2, 0.25) is 0 Å². The quantitative estimate of drug-likeness (QED) is 0.605. The minimum absolute atomic E-state index is 0.0340. The van der Waals surface area contributed by atoms with E-state index in [4.69, 9.17) is 4.74 Å². The summed E-state index contributed by atoms with van der Waals surface area (Å²) in [5.41, 5.74) is 2.04. The van der Waals surface area contributed by atoms with Crippen LogP contribution >= 0.6 is 11.3 Å². The van der Waals surface area contributed by atoms with Gasteiger partial charge in [0.25, 0.3) is 5.91 Å². The van der Waals surface area contributed by atoms with E-state index in [1.807, 2.05) is 30.3 Å². The average molecular weight is 404 g/mol. The molecule has 3 aromatic rings. The first kappa shape index (κ1) is 19.8. The predicted molar refractivity (Wildman–Crippen MR) is 103 cm³/mol. The molecule has 8 heteroatoms. The van der Waals surface area contributed by atoms with Gasteiger partial charge in [-0.1, -0.05) is 36.4 Å². The van der Waals surface area contributed by atoms with Crippen molar-refractivity contribution in [1.29, 1.82) is 0 Å². The lowest BCUT2D eigenvalue weighted by Crippen LogP contribution is -2.26. The Kier molecular flexibility index (Phi) is 6.54. The average Bonchev–Trinajstić information content (AvgIpc) is 3.19. The van der Waals surface area contributed by atoms with E-state index in [-0.39, 0.29) is 17.4 Å². The number of ether oxygens (including phenoxy) is 2. The van der Waals surface area contributed by atoms with Crippen molar-refractivity contribution in [2.24, 2.45) is 0 Å². The van der Waals surface area contributed by atoms with Crippen molar-refractivity contribution in [3.63, 3.8) is 0 Å². The third-order valence-electron chi connectivity index (χ3n) is 3.90. The molecule has 0 aliphatic rings. The minimum atomic E-state index is -2.94. The van der Waals surface area contributed by atoms with Gasteiger partial charge in [-0.05, 0) is 24.1 Å². The molecule has 0 unspecified atom stereocenters. The topological polar surface area (TPSA) is 60.5 Å². The number of amides is 1. The first-order valence-electron chi connectivity index (χ1n) is 8.47. The number of halogens is 2. The highest BCUT2D eigenvalue weighted by Crippen LogP contribution is 2.29. The lowest BCUT2D eigenvalue weighted by Gasteiger charge is -2.11. The molecule has 0 saturated carbocycles. The first-order chi connectivity index (χ1) is 13.6. The molecule has 1 amide bonds. The number of carbonyl (C=O) groups excluding carboxylic acids is 1. The van der Waals surface area contributed by atoms with Crippen molar-refractivity contribution in [3.05, 3.63) is 65.2 Å². The van der Waals surface area contributed by atoms with E-state index in [2.05, 4.69) is 15.0 Å². The number of alkyl halides is 2. The van der Waals surface area contributed by atoms with Gasteiger partial charge in [-0.15, -0.1) is 11.3 Å². The molecule has 0 atom stereocenters. The van der Waals surface area contributed by atoms with Gasteiger partial charge >= 0.3 is 6.61 Å². The molecule has 1 heterocycles. The number of aromatic nitrogens is 1. The van der Waals surface area contributed by atoms with E-state index in [9.17, 15) is 13.6 Å². The Hall–Kier alpha value is -3.00. The highest BCUT2D eigenvalue weighted by molar-refractivity contribution is 7.13. The fourth-order valence-corrected chi connectivity index (χ4v) is 3.37. The zero-order valence-electron chi connectivity index (χ0n) is 15.0. The van der Waals surface area contributed by atoms with Crippen LogP contribution < -0.4 is 14.8 Å². The van der Waals surface area contributed by atoms with Crippen molar-refractivity contribution >= 4 is 17.2 Å². The highest BCUT2D eigenvalue weighted by Gasteiger charge is 2.13. The molecule has 1 aromatic heterocycles. The smallest absolute Gasteiger partial charge is 0.387 e. The van der Waals surface area contributed by atoms with Crippen molar-refractivity contribution in [2.45, 2.75) is 13.0 Å². The number of hydrogen-bond donors (Lipinski definition) is 1. The zero-order valence-corrected chi connectivity index (χ0v) is 15.8. The number of hydrogen-bond acceptors (Lipinski definition) is 5. The van der Waals surface area contributed by atoms with Crippen LogP contribution in [0, 0.1) is 0 Å². The molecule has 0 spiro atoms. The highest BCUT2D eigenvalue weighted by atomic mass is 32.1. The summed E-state index contributed by atoms with van der Waals surface area (Å²) < 4.78 is 34.5. The fraction of sp³-hybridized carbons (Fsp3) is 0.200. The number of carbonyl (C=O) groups is 1. The van der Waals surface area contributed by atoms with E-state index in [0.717, 1.165) is 16.1 Å². The molecule has 0 saturated heterocycles. The Labute approximate surface area is 164 Å². The van der Waals surface area contributed by atoms with Gasteiger partial charge in [0, 0.05) is 17.5 Å². The molecular formula is C20H18F2N2O3S. The molecule has 146 valence electrons. The summed E-state index contributed by atoms with van der Waals surface area (Å²) in [5, 5.41) is 5.27. The van der Waals surface area contributed by atoms with Crippen LogP contribution in [0.2, 0.25) is 0 Å². The second-order valence-electron chi connectivity index (χ2n) is 5.77. The maximum absolute atomic E-state index is 12.5. The molecule has 2 aromatic carbocycles. The van der Waals surface area contributed by atoms with Gasteiger partial charge in [-0.3, -0.25) is 4.79 Å². The maximum Gasteiger partial charge on any atom is 0.387 e. The summed E-state index contributed by atoms with van der Waals surface area (Å²) in [5.74, 6) is -0.0895. The number of nitrogens with one attached hydrogen (secondary N) is 1. The van der Waals surface area contributed by atoms with Gasteiger partial charge in [0.1, 0.15) is 10.7 Å². The summed E-state index contributed by atoms with van der Waals surface area (Å²) in [7, 11) is 1.38. The summed E-state index contributed by atoms with van der Waals surface area (Å²) in [6.45, 7) is -2.61. The summed E-state index contributed by atoms with van der Waals surface area (Å²) in [6, 6.07) is 14.4. The number of nitrogens with zero attached hydrogens (tertiary/aromatic N) is 1. The summed E-state index contributed by atoms with van der Waals surface area (Å²) in [6.07, 6.45) is 0.449. The summed E-state index contributed by atoms with van der Waals surface area (Å²) >= 11 is 1.40. The van der Waals surface area contributed by atoms with E-state index < -0.39 is 6.61 Å². The second-order valence-corrected chi connectivity index (χ2v) is 6.63. The van der Waals surface area contributed by atoms with Crippen molar-refractivity contribution in [3.8, 4) is 22.1 Å². The number of rotatable bonds is 8. The number of thiazole rings is 1. The molecule has 0 aliphatic carbocycles. The normalized spacial score (nSPS) is 10.7. The van der Waals surface area contributed by atoms with Crippen LogP contribution in [-0.2, 0) is 6.42 Å². The van der Waals surface area contributed by atoms with Crippen LogP contribution in [0.5, 0.6) is 11.5 Å². The number of methoxy groups -OCH3 is 1. The third-order valence-corrected chi connectivity index (χ3v) is 4.79. The molecule has 5 nitrogen and oxygen atoms in total. The Balaban J connectivity index is 1.58. The second kappa shape index (κ2) is 9.27. The SMILES string of the molecule is COc1ccc(CCNC(=O)c2csc(-c3ccccc3)n2)cc1OC(F)F. The Bertz CT molecular complexity index is 932. The monoisotopic (exact) mass is 404 g/mol. The van der Waals surface area contributed by atoms with Gasteiger partial charge < -0.3 is 14.8 Å². The Morgan fingerprint density at radius 3 is 2.68 bits per heavy atom. The summed E-state index contributed by atoms with van der Waals surface area (Å²) in [4.78, 5) is 16.6. The van der Waals surface area contributed by atoms with Gasteiger partial charge in [0.15, 0.2) is 11.5 Å².